The molecule has 84 valence electrons. The average Bonchev–Trinajstić information content (AvgIpc) is 2.26. The smallest absolute Gasteiger partial charge is 0.225 e. The highest BCUT2D eigenvalue weighted by atomic mass is 32.2. The van der Waals surface area contributed by atoms with Crippen molar-refractivity contribution in [2.45, 2.75) is 18.2 Å². The van der Waals surface area contributed by atoms with Crippen LogP contribution < -0.4 is 5.14 Å². The van der Waals surface area contributed by atoms with E-state index in [9.17, 15) is 8.42 Å². The van der Waals surface area contributed by atoms with Crippen LogP contribution in [0.3, 0.4) is 0 Å². The molecule has 0 saturated heterocycles. The van der Waals surface area contributed by atoms with Crippen LogP contribution in [0.25, 0.3) is 10.8 Å². The van der Waals surface area contributed by atoms with Gasteiger partial charge in [0, 0.05) is 0 Å². The van der Waals surface area contributed by atoms with Gasteiger partial charge in [-0.15, -0.1) is 0 Å². The number of aryl methyl sites for hydroxylation is 1. The van der Waals surface area contributed by atoms with Crippen molar-refractivity contribution in [2.75, 3.05) is 0 Å². The Balaban J connectivity index is 2.65. The fraction of sp³-hybridized carbons (Fsp3) is 0.167. The first kappa shape index (κ1) is 11.1. The Labute approximate surface area is 94.9 Å². The summed E-state index contributed by atoms with van der Waals surface area (Å²) >= 11 is 0. The third-order valence-corrected chi connectivity index (χ3v) is 3.52. The Bertz CT molecular complexity index is 633. The first-order chi connectivity index (χ1) is 7.50. The minimum Gasteiger partial charge on any atom is -0.225 e. The van der Waals surface area contributed by atoms with E-state index in [2.05, 4.69) is 13.0 Å². The summed E-state index contributed by atoms with van der Waals surface area (Å²) in [6, 6.07) is 10.9. The number of rotatable bonds is 2. The van der Waals surface area contributed by atoms with Gasteiger partial charge < -0.3 is 0 Å². The van der Waals surface area contributed by atoms with Crippen molar-refractivity contribution < 1.29 is 8.42 Å². The topological polar surface area (TPSA) is 60.2 Å². The average molecular weight is 235 g/mol. The van der Waals surface area contributed by atoms with E-state index in [4.69, 9.17) is 5.14 Å². The van der Waals surface area contributed by atoms with Crippen LogP contribution in [0.1, 0.15) is 12.5 Å². The number of sulfonamides is 1. The van der Waals surface area contributed by atoms with Crippen molar-refractivity contribution in [1.82, 2.24) is 0 Å². The SMILES string of the molecule is CCc1ccc2cc(S(N)(=O)=O)ccc2c1. The number of hydrogen-bond donors (Lipinski definition) is 1. The highest BCUT2D eigenvalue weighted by molar-refractivity contribution is 7.89. The summed E-state index contributed by atoms with van der Waals surface area (Å²) in [5.74, 6) is 0. The highest BCUT2D eigenvalue weighted by Crippen LogP contribution is 2.20. The van der Waals surface area contributed by atoms with Crippen LogP contribution in [-0.2, 0) is 16.4 Å². The molecule has 4 heteroatoms. The molecular weight excluding hydrogens is 222 g/mol. The third kappa shape index (κ3) is 2.08. The molecule has 0 aromatic heterocycles. The van der Waals surface area contributed by atoms with Gasteiger partial charge in [-0.3, -0.25) is 0 Å². The van der Waals surface area contributed by atoms with Crippen LogP contribution in [0.15, 0.2) is 41.3 Å². The molecule has 0 aliphatic rings. The molecule has 0 saturated carbocycles. The van der Waals surface area contributed by atoms with E-state index >= 15 is 0 Å². The van der Waals surface area contributed by atoms with Gasteiger partial charge in [0.2, 0.25) is 10.0 Å². The van der Waals surface area contributed by atoms with Gasteiger partial charge in [-0.2, -0.15) is 0 Å². The first-order valence-electron chi connectivity index (χ1n) is 5.06. The Morgan fingerprint density at radius 3 is 2.31 bits per heavy atom. The molecule has 0 amide bonds. The first-order valence-corrected chi connectivity index (χ1v) is 6.61. The molecule has 0 heterocycles. The number of benzene rings is 2. The maximum Gasteiger partial charge on any atom is 0.238 e. The Morgan fingerprint density at radius 2 is 1.69 bits per heavy atom. The molecule has 0 fully saturated rings. The van der Waals surface area contributed by atoms with Gasteiger partial charge in [-0.1, -0.05) is 31.2 Å². The largest absolute Gasteiger partial charge is 0.238 e. The normalized spacial score (nSPS) is 11.9. The zero-order chi connectivity index (χ0) is 11.8. The second kappa shape index (κ2) is 3.88. The molecule has 0 bridgehead atoms. The molecule has 0 aliphatic heterocycles. The molecule has 16 heavy (non-hydrogen) atoms. The van der Waals surface area contributed by atoms with Crippen LogP contribution in [-0.4, -0.2) is 8.42 Å². The molecule has 3 nitrogen and oxygen atoms in total. The van der Waals surface area contributed by atoms with Crippen LogP contribution in [0.5, 0.6) is 0 Å². The molecule has 2 N–H and O–H groups in total. The van der Waals surface area contributed by atoms with Crippen LogP contribution >= 0.6 is 0 Å². The van der Waals surface area contributed by atoms with E-state index in [1.54, 1.807) is 12.1 Å². The predicted molar refractivity (Wildman–Crippen MR) is 64.7 cm³/mol. The third-order valence-electron chi connectivity index (χ3n) is 2.61. The van der Waals surface area contributed by atoms with Crippen molar-refractivity contribution >= 4 is 20.8 Å². The van der Waals surface area contributed by atoms with E-state index in [0.717, 1.165) is 17.2 Å². The van der Waals surface area contributed by atoms with E-state index in [0.29, 0.717) is 0 Å². The zero-order valence-corrected chi connectivity index (χ0v) is 9.79. The lowest BCUT2D eigenvalue weighted by Gasteiger charge is -2.03. The highest BCUT2D eigenvalue weighted by Gasteiger charge is 2.07. The molecule has 2 aromatic rings. The van der Waals surface area contributed by atoms with Gasteiger partial charge in [-0.25, -0.2) is 13.6 Å². The van der Waals surface area contributed by atoms with Gasteiger partial charge in [0.1, 0.15) is 0 Å². The van der Waals surface area contributed by atoms with Gasteiger partial charge >= 0.3 is 0 Å². The summed E-state index contributed by atoms with van der Waals surface area (Å²) in [4.78, 5) is 0.157. The lowest BCUT2D eigenvalue weighted by Crippen LogP contribution is -2.11. The molecule has 2 aromatic carbocycles. The quantitative estimate of drug-likeness (QED) is 0.866. The lowest BCUT2D eigenvalue weighted by molar-refractivity contribution is 0.598. The van der Waals surface area contributed by atoms with E-state index in [1.807, 2.05) is 12.1 Å². The molecule has 0 aliphatic carbocycles. The number of nitrogens with two attached hydrogens (primary N) is 1. The maximum absolute atomic E-state index is 11.2. The van der Waals surface area contributed by atoms with Crippen molar-refractivity contribution in [3.05, 3.63) is 42.0 Å². The molecular formula is C12H13NO2S. The fourth-order valence-electron chi connectivity index (χ4n) is 1.67. The zero-order valence-electron chi connectivity index (χ0n) is 8.97. The maximum atomic E-state index is 11.2. The summed E-state index contributed by atoms with van der Waals surface area (Å²) in [5, 5.41) is 7.00. The van der Waals surface area contributed by atoms with E-state index in [1.165, 1.54) is 11.6 Å². The van der Waals surface area contributed by atoms with Crippen molar-refractivity contribution in [1.29, 1.82) is 0 Å². The van der Waals surface area contributed by atoms with Gasteiger partial charge in [-0.05, 0) is 34.9 Å². The van der Waals surface area contributed by atoms with Gasteiger partial charge in [0.15, 0.2) is 0 Å². The molecule has 0 atom stereocenters. The van der Waals surface area contributed by atoms with Crippen molar-refractivity contribution in [2.24, 2.45) is 5.14 Å². The van der Waals surface area contributed by atoms with Crippen LogP contribution in [0.2, 0.25) is 0 Å². The van der Waals surface area contributed by atoms with Crippen molar-refractivity contribution in [3.8, 4) is 0 Å². The Hall–Kier alpha value is -1.39. The fourth-order valence-corrected chi connectivity index (χ4v) is 2.22. The van der Waals surface area contributed by atoms with Crippen LogP contribution in [0.4, 0.5) is 0 Å². The summed E-state index contributed by atoms with van der Waals surface area (Å²) < 4.78 is 22.4. The van der Waals surface area contributed by atoms with Crippen molar-refractivity contribution in [3.63, 3.8) is 0 Å². The number of hydrogen-bond acceptors (Lipinski definition) is 2. The van der Waals surface area contributed by atoms with E-state index in [-0.39, 0.29) is 4.90 Å². The number of fused-ring (bicyclic) bond motifs is 1. The van der Waals surface area contributed by atoms with Gasteiger partial charge in [0.05, 0.1) is 4.90 Å². The summed E-state index contributed by atoms with van der Waals surface area (Å²) in [5.41, 5.74) is 1.23. The summed E-state index contributed by atoms with van der Waals surface area (Å²) in [6.07, 6.45) is 0.965. The monoisotopic (exact) mass is 235 g/mol. The van der Waals surface area contributed by atoms with Gasteiger partial charge in [0.25, 0.3) is 0 Å². The minimum absolute atomic E-state index is 0.157. The lowest BCUT2D eigenvalue weighted by atomic mass is 10.1. The predicted octanol–water partition coefficient (Wildman–Crippen LogP) is 2.05. The molecule has 2 rings (SSSR count). The Kier molecular flexibility index (Phi) is 2.69. The second-order valence-corrected chi connectivity index (χ2v) is 5.30. The Morgan fingerprint density at radius 1 is 1.06 bits per heavy atom. The number of primary sulfonamides is 1. The summed E-state index contributed by atoms with van der Waals surface area (Å²) in [7, 11) is -3.61. The standard InChI is InChI=1S/C12H13NO2S/c1-2-9-3-4-11-8-12(16(13,14)15)6-5-10(11)7-9/h3-8H,2H2,1H3,(H2,13,14,15). The second-order valence-electron chi connectivity index (χ2n) is 3.74. The molecule has 0 spiro atoms. The molecule has 0 radical (unpaired) electrons. The van der Waals surface area contributed by atoms with E-state index < -0.39 is 10.0 Å². The molecule has 0 unspecified atom stereocenters. The van der Waals surface area contributed by atoms with Crippen LogP contribution in [0, 0.1) is 0 Å². The summed E-state index contributed by atoms with van der Waals surface area (Å²) in [6.45, 7) is 2.08. The minimum atomic E-state index is -3.61.